The normalized spacial score (nSPS) is 17.0. The summed E-state index contributed by atoms with van der Waals surface area (Å²) in [6, 6.07) is 5.61. The molecule has 1 atom stereocenters. The van der Waals surface area contributed by atoms with E-state index in [1.807, 2.05) is 20.8 Å². The number of hydrogen-bond acceptors (Lipinski definition) is 10. The Kier molecular flexibility index (Phi) is 8.00. The number of nitrogens with one attached hydrogen (secondary N) is 1. The summed E-state index contributed by atoms with van der Waals surface area (Å²) >= 11 is 0. The molecule has 41 heavy (non-hydrogen) atoms. The third-order valence-corrected chi connectivity index (χ3v) is 9.25. The number of benzene rings is 1. The fourth-order valence-corrected chi connectivity index (χ4v) is 6.98. The van der Waals surface area contributed by atoms with E-state index in [4.69, 9.17) is 4.52 Å². The minimum absolute atomic E-state index is 0.00981. The average molecular weight is 606 g/mol. The van der Waals surface area contributed by atoms with Crippen molar-refractivity contribution in [2.75, 3.05) is 22.5 Å². The predicted molar refractivity (Wildman–Crippen MR) is 155 cm³/mol. The second-order valence-electron chi connectivity index (χ2n) is 10.6. The number of amides is 1. The Morgan fingerprint density at radius 2 is 1.98 bits per heavy atom. The van der Waals surface area contributed by atoms with Crippen LogP contribution in [-0.2, 0) is 30.5 Å². The fraction of sp³-hybridized carbons (Fsp3) is 0.400. The van der Waals surface area contributed by atoms with Crippen molar-refractivity contribution in [3.05, 3.63) is 52.6 Å². The van der Waals surface area contributed by atoms with Crippen LogP contribution in [0.2, 0.25) is 0 Å². The van der Waals surface area contributed by atoms with Crippen molar-refractivity contribution in [3.8, 4) is 11.6 Å². The van der Waals surface area contributed by atoms with Crippen LogP contribution in [0, 0.1) is 5.41 Å². The van der Waals surface area contributed by atoms with Crippen molar-refractivity contribution in [2.45, 2.75) is 47.6 Å². The van der Waals surface area contributed by atoms with Gasteiger partial charge in [-0.2, -0.15) is 9.86 Å². The van der Waals surface area contributed by atoms with E-state index in [0.717, 1.165) is 13.2 Å². The molecule has 0 spiro atoms. The highest BCUT2D eigenvalue weighted by Gasteiger charge is 2.37. The van der Waals surface area contributed by atoms with Gasteiger partial charge in [0.15, 0.2) is 11.6 Å². The highest BCUT2D eigenvalue weighted by Crippen LogP contribution is 2.52. The molecule has 1 amide bonds. The average Bonchev–Trinajstić information content (AvgIpc) is 3.37. The SMILES string of the molecule is CCOP1(=O)N=C(c2c(O)c(-n3cccn3)nn(CCC(C)(C)C)c2=O)Nc2ccc(N(C(C)=O)S(C)(=O)=O)cc21. The quantitative estimate of drug-likeness (QED) is 0.363. The van der Waals surface area contributed by atoms with E-state index in [-0.39, 0.29) is 52.5 Å². The first-order chi connectivity index (χ1) is 19.1. The number of aryl methyl sites for hydroxylation is 1. The third-order valence-electron chi connectivity index (χ3n) is 6.07. The number of aromatic hydroxyl groups is 1. The van der Waals surface area contributed by atoms with Gasteiger partial charge in [-0.3, -0.25) is 14.2 Å². The number of hydrogen-bond donors (Lipinski definition) is 2. The molecule has 1 aliphatic heterocycles. The van der Waals surface area contributed by atoms with Crippen LogP contribution in [0.1, 0.15) is 46.6 Å². The van der Waals surface area contributed by atoms with E-state index >= 15 is 0 Å². The van der Waals surface area contributed by atoms with E-state index < -0.39 is 34.8 Å². The number of fused-ring (bicyclic) bond motifs is 1. The second-order valence-corrected chi connectivity index (χ2v) is 14.4. The number of nitrogens with zero attached hydrogens (tertiary/aromatic N) is 6. The van der Waals surface area contributed by atoms with Gasteiger partial charge in [-0.25, -0.2) is 22.1 Å². The van der Waals surface area contributed by atoms with Gasteiger partial charge in [0.25, 0.3) is 5.56 Å². The first-order valence-electron chi connectivity index (χ1n) is 12.7. The van der Waals surface area contributed by atoms with Gasteiger partial charge in [0.2, 0.25) is 21.7 Å². The molecule has 1 unspecified atom stereocenters. The summed E-state index contributed by atoms with van der Waals surface area (Å²) in [6.45, 7) is 8.90. The van der Waals surface area contributed by atoms with Gasteiger partial charge in [0.05, 0.1) is 29.5 Å². The molecule has 2 aromatic heterocycles. The Labute approximate surface area is 237 Å². The van der Waals surface area contributed by atoms with Crippen LogP contribution in [0.25, 0.3) is 5.82 Å². The Bertz CT molecular complexity index is 1740. The van der Waals surface area contributed by atoms with Gasteiger partial charge in [0.1, 0.15) is 5.56 Å². The molecular weight excluding hydrogens is 573 g/mol. The maximum absolute atomic E-state index is 14.2. The standard InChI is InChI=1S/C25H32N7O7PS/c1-7-39-40(36)19-15-17(32(16(2)33)41(6,37)38)9-10-18(19)27-22(29-40)20-21(34)23(30-13-8-12-26-30)28-31(24(20)35)14-11-25(3,4)5/h8-10,12-13,15,34H,7,11,14H2,1-6H3,(H,27,29,36). The lowest BCUT2D eigenvalue weighted by molar-refractivity contribution is -0.115. The van der Waals surface area contributed by atoms with Crippen LogP contribution in [-0.4, -0.2) is 57.7 Å². The maximum Gasteiger partial charge on any atom is 0.348 e. The largest absolute Gasteiger partial charge is 0.504 e. The number of carbonyl (C=O) groups is 1. The van der Waals surface area contributed by atoms with Crippen molar-refractivity contribution in [1.82, 2.24) is 19.6 Å². The van der Waals surface area contributed by atoms with Crippen LogP contribution >= 0.6 is 7.52 Å². The summed E-state index contributed by atoms with van der Waals surface area (Å²) in [5.74, 6) is -1.58. The summed E-state index contributed by atoms with van der Waals surface area (Å²) in [7, 11) is -8.16. The first kappa shape index (κ1) is 30.2. The maximum atomic E-state index is 14.2. The number of amidine groups is 1. The topological polar surface area (TPSA) is 178 Å². The van der Waals surface area contributed by atoms with Crippen LogP contribution in [0.3, 0.4) is 0 Å². The van der Waals surface area contributed by atoms with Gasteiger partial charge < -0.3 is 14.9 Å². The molecule has 3 heterocycles. The molecule has 1 aliphatic rings. The highest BCUT2D eigenvalue weighted by atomic mass is 32.2. The third kappa shape index (κ3) is 6.11. The van der Waals surface area contributed by atoms with E-state index in [2.05, 4.69) is 20.3 Å². The molecule has 220 valence electrons. The van der Waals surface area contributed by atoms with E-state index in [1.165, 1.54) is 33.8 Å². The monoisotopic (exact) mass is 605 g/mol. The molecule has 1 aromatic carbocycles. The first-order valence-corrected chi connectivity index (χ1v) is 16.1. The highest BCUT2D eigenvalue weighted by molar-refractivity contribution is 7.92. The lowest BCUT2D eigenvalue weighted by atomic mass is 9.92. The molecule has 0 radical (unpaired) electrons. The number of carbonyl (C=O) groups excluding carboxylic acids is 1. The van der Waals surface area contributed by atoms with Gasteiger partial charge in [0, 0.05) is 25.9 Å². The molecular formula is C25H32N7O7PS. The van der Waals surface area contributed by atoms with Crippen molar-refractivity contribution in [2.24, 2.45) is 10.2 Å². The summed E-state index contributed by atoms with van der Waals surface area (Å²) in [5.41, 5.74) is -0.985. The minimum Gasteiger partial charge on any atom is -0.504 e. The molecule has 16 heteroatoms. The van der Waals surface area contributed by atoms with Crippen molar-refractivity contribution in [3.63, 3.8) is 0 Å². The van der Waals surface area contributed by atoms with E-state index in [0.29, 0.717) is 10.7 Å². The minimum atomic E-state index is -4.16. The van der Waals surface area contributed by atoms with Gasteiger partial charge >= 0.3 is 7.52 Å². The Balaban J connectivity index is 1.93. The second kappa shape index (κ2) is 10.9. The summed E-state index contributed by atoms with van der Waals surface area (Å²) < 4.78 is 51.7. The van der Waals surface area contributed by atoms with E-state index in [9.17, 15) is 27.7 Å². The summed E-state index contributed by atoms with van der Waals surface area (Å²) in [5, 5.41) is 22.6. The molecule has 14 nitrogen and oxygen atoms in total. The van der Waals surface area contributed by atoms with Gasteiger partial charge in [-0.1, -0.05) is 20.8 Å². The zero-order chi connectivity index (χ0) is 30.3. The zero-order valence-electron chi connectivity index (χ0n) is 23.5. The molecule has 2 N–H and O–H groups in total. The van der Waals surface area contributed by atoms with Crippen LogP contribution < -0.4 is 20.5 Å². The molecule has 0 saturated carbocycles. The predicted octanol–water partition coefficient (Wildman–Crippen LogP) is 2.61. The van der Waals surface area contributed by atoms with Crippen molar-refractivity contribution >= 4 is 46.0 Å². The zero-order valence-corrected chi connectivity index (χ0v) is 25.2. The Hall–Kier alpha value is -3.81. The molecule has 3 aromatic rings. The number of sulfonamides is 1. The summed E-state index contributed by atoms with van der Waals surface area (Å²) in [6.07, 6.45) is 4.49. The smallest absolute Gasteiger partial charge is 0.348 e. The lowest BCUT2D eigenvalue weighted by Crippen LogP contribution is -2.37. The molecule has 0 bridgehead atoms. The Morgan fingerprint density at radius 1 is 1.27 bits per heavy atom. The number of aromatic nitrogens is 4. The van der Waals surface area contributed by atoms with Gasteiger partial charge in [-0.15, -0.1) is 5.10 Å². The molecule has 0 saturated heterocycles. The summed E-state index contributed by atoms with van der Waals surface area (Å²) in [4.78, 5) is 25.8. The van der Waals surface area contributed by atoms with E-state index in [1.54, 1.807) is 19.2 Å². The van der Waals surface area contributed by atoms with Crippen molar-refractivity contribution < 1.29 is 27.4 Å². The molecule has 0 fully saturated rings. The van der Waals surface area contributed by atoms with Crippen LogP contribution in [0.5, 0.6) is 5.75 Å². The lowest BCUT2D eigenvalue weighted by Gasteiger charge is -2.27. The number of rotatable bonds is 8. The molecule has 0 aliphatic carbocycles. The molecule has 4 rings (SSSR count). The fourth-order valence-electron chi connectivity index (χ4n) is 4.22. The van der Waals surface area contributed by atoms with Crippen molar-refractivity contribution in [1.29, 1.82) is 0 Å². The number of anilines is 2. The van der Waals surface area contributed by atoms with Gasteiger partial charge in [-0.05, 0) is 43.0 Å². The van der Waals surface area contributed by atoms with Crippen LogP contribution in [0.4, 0.5) is 11.4 Å². The Morgan fingerprint density at radius 3 is 2.54 bits per heavy atom. The van der Waals surface area contributed by atoms with Crippen LogP contribution in [0.15, 0.2) is 46.2 Å².